The van der Waals surface area contributed by atoms with E-state index in [-0.39, 0.29) is 23.9 Å². The van der Waals surface area contributed by atoms with Crippen molar-refractivity contribution in [3.8, 4) is 11.5 Å². The van der Waals surface area contributed by atoms with Gasteiger partial charge >= 0.3 is 0 Å². The number of benzene rings is 1. The number of phenols is 2. The Morgan fingerprint density at radius 3 is 2.75 bits per heavy atom. The van der Waals surface area contributed by atoms with Crippen LogP contribution in [0.1, 0.15) is 5.56 Å². The molecule has 0 radical (unpaired) electrons. The predicted octanol–water partition coefficient (Wildman–Crippen LogP) is -0.209. The molecule has 0 unspecified atom stereocenters. The van der Waals surface area contributed by atoms with Gasteiger partial charge in [0.25, 0.3) is 0 Å². The van der Waals surface area contributed by atoms with Gasteiger partial charge in [-0.25, -0.2) is 4.98 Å². The van der Waals surface area contributed by atoms with Crippen molar-refractivity contribution in [3.05, 3.63) is 36.2 Å². The van der Waals surface area contributed by atoms with Gasteiger partial charge in [0.05, 0.1) is 18.4 Å². The molecule has 1 amide bonds. The number of carbonyl (C=O) groups is 1. The number of hydrogen-bond acceptors (Lipinski definition) is 7. The van der Waals surface area contributed by atoms with Gasteiger partial charge in [0, 0.05) is 0 Å². The number of anilines is 1. The van der Waals surface area contributed by atoms with E-state index in [1.54, 1.807) is 6.07 Å². The summed E-state index contributed by atoms with van der Waals surface area (Å²) in [5.41, 5.74) is 6.37. The van der Waals surface area contributed by atoms with Crippen molar-refractivity contribution >= 4 is 11.9 Å². The van der Waals surface area contributed by atoms with Crippen LogP contribution in [0.25, 0.3) is 0 Å². The second-order valence-electron chi connectivity index (χ2n) is 4.09. The summed E-state index contributed by atoms with van der Waals surface area (Å²) in [6.07, 6.45) is 2.97. The summed E-state index contributed by atoms with van der Waals surface area (Å²) in [5, 5.41) is 28.2. The number of aromatic nitrogens is 3. The van der Waals surface area contributed by atoms with Crippen molar-refractivity contribution in [1.82, 2.24) is 15.2 Å². The summed E-state index contributed by atoms with van der Waals surface area (Å²) in [4.78, 5) is 15.6. The zero-order valence-corrected chi connectivity index (χ0v) is 10.4. The third kappa shape index (κ3) is 3.39. The predicted molar refractivity (Wildman–Crippen MR) is 69.9 cm³/mol. The van der Waals surface area contributed by atoms with E-state index in [4.69, 9.17) is 5.73 Å². The Kier molecular flexibility index (Phi) is 4.06. The number of amides is 1. The molecule has 2 rings (SSSR count). The van der Waals surface area contributed by atoms with Crippen LogP contribution in [0.3, 0.4) is 0 Å². The zero-order chi connectivity index (χ0) is 14.5. The van der Waals surface area contributed by atoms with Gasteiger partial charge in [0.2, 0.25) is 11.9 Å². The Labute approximate surface area is 114 Å². The Bertz CT molecular complexity index is 605. The van der Waals surface area contributed by atoms with Crippen molar-refractivity contribution in [1.29, 1.82) is 0 Å². The Morgan fingerprint density at radius 1 is 1.30 bits per heavy atom. The van der Waals surface area contributed by atoms with Crippen LogP contribution in [-0.2, 0) is 11.2 Å². The number of nitrogens with one attached hydrogen (secondary N) is 1. The molecule has 0 fully saturated rings. The number of phenolic OH excluding ortho intramolecular Hbond substituents is 2. The molecule has 2 aromatic rings. The molecule has 8 nitrogen and oxygen atoms in total. The highest BCUT2D eigenvalue weighted by atomic mass is 16.3. The van der Waals surface area contributed by atoms with Crippen LogP contribution < -0.4 is 11.1 Å². The van der Waals surface area contributed by atoms with Gasteiger partial charge < -0.3 is 15.9 Å². The van der Waals surface area contributed by atoms with E-state index in [0.29, 0.717) is 5.56 Å². The first-order valence-corrected chi connectivity index (χ1v) is 5.77. The molecule has 0 spiro atoms. The van der Waals surface area contributed by atoms with Gasteiger partial charge in [0.1, 0.15) is 0 Å². The lowest BCUT2D eigenvalue weighted by atomic mass is 10.1. The number of hydrogen-bond donors (Lipinski definition) is 4. The normalized spacial score (nSPS) is 11.8. The SMILES string of the molecule is N[C@@H](Cc1ccc(O)c(O)c1)C(=O)Nc1nccnn1. The summed E-state index contributed by atoms with van der Waals surface area (Å²) in [6.45, 7) is 0. The van der Waals surface area contributed by atoms with Crippen molar-refractivity contribution in [3.63, 3.8) is 0 Å². The van der Waals surface area contributed by atoms with E-state index >= 15 is 0 Å². The molecule has 0 saturated carbocycles. The third-order valence-corrected chi connectivity index (χ3v) is 2.55. The van der Waals surface area contributed by atoms with Gasteiger partial charge in [-0.3, -0.25) is 10.1 Å². The van der Waals surface area contributed by atoms with Crippen LogP contribution in [0.4, 0.5) is 5.95 Å². The number of nitrogens with two attached hydrogens (primary N) is 1. The zero-order valence-electron chi connectivity index (χ0n) is 10.4. The molecule has 1 aromatic carbocycles. The molecule has 0 saturated heterocycles. The van der Waals surface area contributed by atoms with E-state index < -0.39 is 11.9 Å². The van der Waals surface area contributed by atoms with Gasteiger partial charge in [-0.2, -0.15) is 5.10 Å². The van der Waals surface area contributed by atoms with Crippen molar-refractivity contribution < 1.29 is 15.0 Å². The molecule has 0 aliphatic rings. The van der Waals surface area contributed by atoms with Crippen LogP contribution in [-0.4, -0.2) is 37.3 Å². The molecule has 1 aromatic heterocycles. The van der Waals surface area contributed by atoms with Gasteiger partial charge in [-0.05, 0) is 24.1 Å². The highest BCUT2D eigenvalue weighted by Crippen LogP contribution is 2.25. The molecule has 1 heterocycles. The molecule has 20 heavy (non-hydrogen) atoms. The van der Waals surface area contributed by atoms with Crippen LogP contribution in [0, 0.1) is 0 Å². The van der Waals surface area contributed by atoms with Crippen molar-refractivity contribution in [2.45, 2.75) is 12.5 Å². The fraction of sp³-hybridized carbons (Fsp3) is 0.167. The maximum absolute atomic E-state index is 11.8. The lowest BCUT2D eigenvalue weighted by Crippen LogP contribution is -2.37. The van der Waals surface area contributed by atoms with Gasteiger partial charge in [0.15, 0.2) is 11.5 Å². The molecule has 8 heteroatoms. The third-order valence-electron chi connectivity index (χ3n) is 2.55. The summed E-state index contributed by atoms with van der Waals surface area (Å²) in [7, 11) is 0. The molecule has 0 aliphatic carbocycles. The second-order valence-corrected chi connectivity index (χ2v) is 4.09. The monoisotopic (exact) mass is 275 g/mol. The van der Waals surface area contributed by atoms with E-state index in [1.807, 2.05) is 0 Å². The van der Waals surface area contributed by atoms with E-state index in [1.165, 1.54) is 24.5 Å². The first kappa shape index (κ1) is 13.7. The summed E-state index contributed by atoms with van der Waals surface area (Å²) in [6, 6.07) is 3.41. The summed E-state index contributed by atoms with van der Waals surface area (Å²) in [5.74, 6) is -0.881. The number of rotatable bonds is 4. The minimum atomic E-state index is -0.845. The van der Waals surface area contributed by atoms with Crippen LogP contribution >= 0.6 is 0 Å². The smallest absolute Gasteiger partial charge is 0.249 e. The first-order chi connectivity index (χ1) is 9.56. The van der Waals surface area contributed by atoms with Crippen LogP contribution in [0.2, 0.25) is 0 Å². The topological polar surface area (TPSA) is 134 Å². The minimum absolute atomic E-state index is 0.0708. The van der Waals surface area contributed by atoms with Crippen LogP contribution in [0.5, 0.6) is 11.5 Å². The first-order valence-electron chi connectivity index (χ1n) is 5.77. The maximum atomic E-state index is 11.8. The van der Waals surface area contributed by atoms with Crippen molar-refractivity contribution in [2.75, 3.05) is 5.32 Å². The number of carbonyl (C=O) groups excluding carboxylic acids is 1. The fourth-order valence-corrected chi connectivity index (χ4v) is 1.55. The van der Waals surface area contributed by atoms with E-state index in [2.05, 4.69) is 20.5 Å². The Hall–Kier alpha value is -2.74. The number of nitrogens with zero attached hydrogens (tertiary/aromatic N) is 3. The highest BCUT2D eigenvalue weighted by Gasteiger charge is 2.16. The lowest BCUT2D eigenvalue weighted by molar-refractivity contribution is -0.117. The van der Waals surface area contributed by atoms with Crippen LogP contribution in [0.15, 0.2) is 30.6 Å². The second kappa shape index (κ2) is 5.93. The van der Waals surface area contributed by atoms with E-state index in [0.717, 1.165) is 0 Å². The summed E-state index contributed by atoms with van der Waals surface area (Å²) >= 11 is 0. The molecule has 5 N–H and O–H groups in total. The average molecular weight is 275 g/mol. The highest BCUT2D eigenvalue weighted by molar-refractivity contribution is 5.93. The Morgan fingerprint density at radius 2 is 2.10 bits per heavy atom. The molecule has 1 atom stereocenters. The van der Waals surface area contributed by atoms with Gasteiger partial charge in [-0.15, -0.1) is 5.10 Å². The molecule has 0 aliphatic heterocycles. The standard InChI is InChI=1S/C12H13N5O3/c13-8(5-7-1-2-9(18)10(19)6-7)11(20)16-12-14-3-4-15-17-12/h1-4,6,8,18-19H,5,13H2,(H,14,16,17,20)/t8-/m0/s1. The van der Waals surface area contributed by atoms with E-state index in [9.17, 15) is 15.0 Å². The Balaban J connectivity index is 1.98. The average Bonchev–Trinajstić information content (AvgIpc) is 2.44. The number of aromatic hydroxyl groups is 2. The quantitative estimate of drug-likeness (QED) is 0.567. The largest absolute Gasteiger partial charge is 0.504 e. The molecular formula is C12H13N5O3. The summed E-state index contributed by atoms with van der Waals surface area (Å²) < 4.78 is 0. The fourth-order valence-electron chi connectivity index (χ4n) is 1.55. The molecule has 0 bridgehead atoms. The van der Waals surface area contributed by atoms with Crippen molar-refractivity contribution in [2.24, 2.45) is 5.73 Å². The molecule has 104 valence electrons. The minimum Gasteiger partial charge on any atom is -0.504 e. The molecular weight excluding hydrogens is 262 g/mol. The lowest BCUT2D eigenvalue weighted by Gasteiger charge is -2.11. The van der Waals surface area contributed by atoms with Gasteiger partial charge in [-0.1, -0.05) is 6.07 Å². The maximum Gasteiger partial charge on any atom is 0.249 e.